The Morgan fingerprint density at radius 1 is 1.17 bits per heavy atom. The van der Waals surface area contributed by atoms with Gasteiger partial charge in [0.05, 0.1) is 12.0 Å². The van der Waals surface area contributed by atoms with E-state index in [0.29, 0.717) is 31.8 Å². The summed E-state index contributed by atoms with van der Waals surface area (Å²) < 4.78 is 0. The van der Waals surface area contributed by atoms with E-state index in [0.717, 1.165) is 12.8 Å². The van der Waals surface area contributed by atoms with Crippen LogP contribution in [0, 0.1) is 18.8 Å². The largest absolute Gasteiger partial charge is 0.481 e. The first-order valence-electron chi connectivity index (χ1n) is 8.40. The van der Waals surface area contributed by atoms with Gasteiger partial charge in [-0.3, -0.25) is 4.79 Å². The molecular formula is C18H24N2O3. The number of hydrogen-bond acceptors (Lipinski definition) is 2. The molecule has 3 rings (SSSR count). The lowest BCUT2D eigenvalue weighted by Gasteiger charge is -2.32. The molecule has 2 fully saturated rings. The first-order valence-corrected chi connectivity index (χ1v) is 8.40. The van der Waals surface area contributed by atoms with Gasteiger partial charge in [0.25, 0.3) is 0 Å². The Kier molecular flexibility index (Phi) is 4.55. The molecule has 0 radical (unpaired) electrons. The van der Waals surface area contributed by atoms with Crippen LogP contribution in [0.3, 0.4) is 0 Å². The van der Waals surface area contributed by atoms with Crippen LogP contribution in [0.25, 0.3) is 0 Å². The van der Waals surface area contributed by atoms with Crippen LogP contribution in [0.5, 0.6) is 0 Å². The Bertz CT molecular complexity index is 590. The fraction of sp³-hybridized carbons (Fsp3) is 0.556. The van der Waals surface area contributed by atoms with Gasteiger partial charge in [-0.2, -0.15) is 0 Å². The highest BCUT2D eigenvalue weighted by Gasteiger charge is 2.35. The smallest absolute Gasteiger partial charge is 0.317 e. The predicted molar refractivity (Wildman–Crippen MR) is 87.1 cm³/mol. The Balaban J connectivity index is 1.64. The van der Waals surface area contributed by atoms with Crippen molar-refractivity contribution in [1.29, 1.82) is 0 Å². The number of hydrogen-bond donors (Lipinski definition) is 2. The molecule has 0 bridgehead atoms. The van der Waals surface area contributed by atoms with Crippen molar-refractivity contribution in [3.8, 4) is 0 Å². The summed E-state index contributed by atoms with van der Waals surface area (Å²) in [5.41, 5.74) is 2.40. The van der Waals surface area contributed by atoms with Crippen LogP contribution in [0.1, 0.15) is 42.9 Å². The van der Waals surface area contributed by atoms with Crippen molar-refractivity contribution in [2.24, 2.45) is 11.8 Å². The summed E-state index contributed by atoms with van der Waals surface area (Å²) in [4.78, 5) is 25.3. The number of aliphatic carboxylic acids is 1. The topological polar surface area (TPSA) is 69.6 Å². The number of urea groups is 1. The first-order chi connectivity index (χ1) is 11.1. The minimum atomic E-state index is -0.749. The Morgan fingerprint density at radius 2 is 1.83 bits per heavy atom. The summed E-state index contributed by atoms with van der Waals surface area (Å²) >= 11 is 0. The lowest BCUT2D eigenvalue weighted by atomic mass is 9.96. The van der Waals surface area contributed by atoms with Crippen molar-refractivity contribution in [3.05, 3.63) is 35.4 Å². The van der Waals surface area contributed by atoms with Gasteiger partial charge in [0.15, 0.2) is 0 Å². The normalized spacial score (nSPS) is 20.1. The van der Waals surface area contributed by atoms with Gasteiger partial charge in [0.2, 0.25) is 0 Å². The van der Waals surface area contributed by atoms with Crippen LogP contribution in [-0.2, 0) is 4.79 Å². The van der Waals surface area contributed by atoms with Crippen molar-refractivity contribution in [3.63, 3.8) is 0 Å². The fourth-order valence-electron chi connectivity index (χ4n) is 3.37. The molecule has 1 unspecified atom stereocenters. The minimum Gasteiger partial charge on any atom is -0.481 e. The van der Waals surface area contributed by atoms with Crippen molar-refractivity contribution >= 4 is 12.0 Å². The van der Waals surface area contributed by atoms with E-state index in [1.165, 1.54) is 11.1 Å². The van der Waals surface area contributed by atoms with Crippen LogP contribution in [-0.4, -0.2) is 35.1 Å². The molecule has 0 aromatic heterocycles. The van der Waals surface area contributed by atoms with Crippen LogP contribution in [0.2, 0.25) is 0 Å². The zero-order valence-electron chi connectivity index (χ0n) is 13.5. The summed E-state index contributed by atoms with van der Waals surface area (Å²) in [5.74, 6) is -0.535. The number of carbonyl (C=O) groups is 2. The third-order valence-electron chi connectivity index (χ3n) is 5.03. The molecule has 1 aromatic carbocycles. The Hall–Kier alpha value is -2.04. The molecule has 5 nitrogen and oxygen atoms in total. The van der Waals surface area contributed by atoms with Gasteiger partial charge in [0.1, 0.15) is 0 Å². The molecule has 1 heterocycles. The highest BCUT2D eigenvalue weighted by Crippen LogP contribution is 2.42. The summed E-state index contributed by atoms with van der Waals surface area (Å²) in [7, 11) is 0. The Labute approximate surface area is 136 Å². The predicted octanol–water partition coefficient (Wildman–Crippen LogP) is 2.95. The second-order valence-electron chi connectivity index (χ2n) is 6.72. The van der Waals surface area contributed by atoms with Gasteiger partial charge in [0, 0.05) is 13.1 Å². The maximum atomic E-state index is 12.6. The Morgan fingerprint density at radius 3 is 2.39 bits per heavy atom. The van der Waals surface area contributed by atoms with Gasteiger partial charge in [-0.25, -0.2) is 4.79 Å². The first kappa shape index (κ1) is 15.8. The molecule has 1 aromatic rings. The SMILES string of the molecule is Cc1ccccc1C(NC(=O)N1CCC(C(=O)O)CC1)C1CC1. The van der Waals surface area contributed by atoms with Crippen molar-refractivity contribution < 1.29 is 14.7 Å². The summed E-state index contributed by atoms with van der Waals surface area (Å²) in [6.07, 6.45) is 3.39. The average molecular weight is 316 g/mol. The highest BCUT2D eigenvalue weighted by molar-refractivity contribution is 5.76. The number of nitrogens with zero attached hydrogens (tertiary/aromatic N) is 1. The number of piperidine rings is 1. The van der Waals surface area contributed by atoms with E-state index in [9.17, 15) is 9.59 Å². The number of nitrogens with one attached hydrogen (secondary N) is 1. The number of aryl methyl sites for hydroxylation is 1. The maximum Gasteiger partial charge on any atom is 0.317 e. The van der Waals surface area contributed by atoms with E-state index in [-0.39, 0.29) is 18.0 Å². The van der Waals surface area contributed by atoms with E-state index < -0.39 is 5.97 Å². The number of carbonyl (C=O) groups excluding carboxylic acids is 1. The monoisotopic (exact) mass is 316 g/mol. The lowest BCUT2D eigenvalue weighted by Crippen LogP contribution is -2.46. The summed E-state index contributed by atoms with van der Waals surface area (Å²) in [5, 5.41) is 12.2. The van der Waals surface area contributed by atoms with Crippen LogP contribution in [0.4, 0.5) is 4.79 Å². The molecular weight excluding hydrogens is 292 g/mol. The second kappa shape index (κ2) is 6.60. The average Bonchev–Trinajstić information content (AvgIpc) is 3.38. The minimum absolute atomic E-state index is 0.0611. The van der Waals surface area contributed by atoms with E-state index >= 15 is 0 Å². The lowest BCUT2D eigenvalue weighted by molar-refractivity contribution is -0.143. The molecule has 1 saturated heterocycles. The summed E-state index contributed by atoms with van der Waals surface area (Å²) in [6, 6.07) is 8.21. The van der Waals surface area contributed by atoms with Crippen LogP contribution < -0.4 is 5.32 Å². The van der Waals surface area contributed by atoms with Gasteiger partial charge in [-0.05, 0) is 49.7 Å². The van der Waals surface area contributed by atoms with Crippen molar-refractivity contribution in [1.82, 2.24) is 10.2 Å². The maximum absolute atomic E-state index is 12.6. The molecule has 2 aliphatic rings. The van der Waals surface area contributed by atoms with Crippen molar-refractivity contribution in [2.75, 3.05) is 13.1 Å². The molecule has 1 atom stereocenters. The number of likely N-dealkylation sites (tertiary alicyclic amines) is 1. The zero-order valence-corrected chi connectivity index (χ0v) is 13.5. The number of benzene rings is 1. The standard InChI is InChI=1S/C18H24N2O3/c1-12-4-2-3-5-15(12)16(13-6-7-13)19-18(23)20-10-8-14(9-11-20)17(21)22/h2-5,13-14,16H,6-11H2,1H3,(H,19,23)(H,21,22). The third kappa shape index (κ3) is 3.66. The van der Waals surface area contributed by atoms with E-state index in [2.05, 4.69) is 24.4 Å². The number of amides is 2. The quantitative estimate of drug-likeness (QED) is 0.897. The van der Waals surface area contributed by atoms with Gasteiger partial charge >= 0.3 is 12.0 Å². The van der Waals surface area contributed by atoms with E-state index in [1.54, 1.807) is 4.90 Å². The number of rotatable bonds is 4. The van der Waals surface area contributed by atoms with Gasteiger partial charge in [-0.1, -0.05) is 24.3 Å². The van der Waals surface area contributed by atoms with E-state index in [1.807, 2.05) is 12.1 Å². The molecule has 124 valence electrons. The molecule has 0 spiro atoms. The molecule has 1 aliphatic heterocycles. The number of carboxylic acid groups (broad SMARTS) is 1. The van der Waals surface area contributed by atoms with Gasteiger partial charge < -0.3 is 15.3 Å². The molecule has 1 aliphatic carbocycles. The number of carboxylic acids is 1. The van der Waals surface area contributed by atoms with Crippen LogP contribution >= 0.6 is 0 Å². The highest BCUT2D eigenvalue weighted by atomic mass is 16.4. The second-order valence-corrected chi connectivity index (χ2v) is 6.72. The fourth-order valence-corrected chi connectivity index (χ4v) is 3.37. The van der Waals surface area contributed by atoms with Gasteiger partial charge in [-0.15, -0.1) is 0 Å². The zero-order chi connectivity index (χ0) is 16.4. The molecule has 2 amide bonds. The molecule has 2 N–H and O–H groups in total. The summed E-state index contributed by atoms with van der Waals surface area (Å²) in [6.45, 7) is 3.12. The molecule has 1 saturated carbocycles. The van der Waals surface area contributed by atoms with Crippen LogP contribution in [0.15, 0.2) is 24.3 Å². The molecule has 23 heavy (non-hydrogen) atoms. The van der Waals surface area contributed by atoms with Crippen molar-refractivity contribution in [2.45, 2.75) is 38.6 Å². The third-order valence-corrected chi connectivity index (χ3v) is 5.03. The van der Waals surface area contributed by atoms with E-state index in [4.69, 9.17) is 5.11 Å². The molecule has 5 heteroatoms.